The molecule has 0 aliphatic carbocycles. The molecule has 0 radical (unpaired) electrons. The third-order valence-corrected chi connectivity index (χ3v) is 7.66. The zero-order chi connectivity index (χ0) is 34.1. The standard InChI is InChI=1S/C32H28Cl4N2O9/c1-3-43-13-15-45-31-25(37(39)40)9-11-27(29(31)21-7-5-19(33)17-23(21)35)47-28-12-10-26(38(41)42)32(46-16-14-44-4-2)30(28)22-8-6-20(34)18-24(22)36/h5-12,17-18H,3-4,13-16H2,1-2H3. The number of nitro benzene ring substituents is 2. The molecular formula is C32H28Cl4N2O9. The minimum atomic E-state index is -0.595. The highest BCUT2D eigenvalue weighted by Crippen LogP contribution is 2.52. The SMILES string of the molecule is CCOCCOc1c([N+](=O)[O-])ccc(Oc2ccc([N+](=O)[O-])c(OCCOCC)c2-c2ccc(Cl)cc2Cl)c1-c1ccc(Cl)cc1Cl. The normalized spacial score (nSPS) is 10.9. The fraction of sp³-hybridized carbons (Fsp3) is 0.250. The molecule has 11 nitrogen and oxygen atoms in total. The predicted octanol–water partition coefficient (Wildman–Crippen LogP) is 10.1. The molecule has 4 aromatic carbocycles. The zero-order valence-corrected chi connectivity index (χ0v) is 28.1. The summed E-state index contributed by atoms with van der Waals surface area (Å²) in [6.45, 7) is 4.67. The van der Waals surface area contributed by atoms with Crippen LogP contribution >= 0.6 is 46.4 Å². The lowest BCUT2D eigenvalue weighted by Crippen LogP contribution is -2.10. The van der Waals surface area contributed by atoms with Crippen LogP contribution in [0.4, 0.5) is 11.4 Å². The molecule has 0 spiro atoms. The van der Waals surface area contributed by atoms with Crippen molar-refractivity contribution in [1.29, 1.82) is 0 Å². The first-order valence-corrected chi connectivity index (χ1v) is 15.7. The van der Waals surface area contributed by atoms with E-state index in [-0.39, 0.29) is 82.0 Å². The van der Waals surface area contributed by atoms with Crippen LogP contribution in [-0.2, 0) is 9.47 Å². The van der Waals surface area contributed by atoms with E-state index in [9.17, 15) is 20.2 Å². The number of hydrogen-bond acceptors (Lipinski definition) is 9. The monoisotopic (exact) mass is 724 g/mol. The second-order valence-electron chi connectivity index (χ2n) is 9.53. The van der Waals surface area contributed by atoms with Gasteiger partial charge in [-0.2, -0.15) is 0 Å². The van der Waals surface area contributed by atoms with Crippen molar-refractivity contribution in [3.8, 4) is 45.3 Å². The Morgan fingerprint density at radius 2 is 1.00 bits per heavy atom. The van der Waals surface area contributed by atoms with Gasteiger partial charge in [0.2, 0.25) is 11.5 Å². The number of benzene rings is 4. The Balaban J connectivity index is 2.00. The number of nitrogens with zero attached hydrogens (tertiary/aromatic N) is 2. The van der Waals surface area contributed by atoms with Gasteiger partial charge in [-0.05, 0) is 50.2 Å². The molecule has 4 rings (SSSR count). The van der Waals surface area contributed by atoms with Crippen molar-refractivity contribution in [1.82, 2.24) is 0 Å². The fourth-order valence-electron chi connectivity index (χ4n) is 4.56. The quantitative estimate of drug-likeness (QED) is 0.0628. The van der Waals surface area contributed by atoms with Gasteiger partial charge in [-0.3, -0.25) is 20.2 Å². The molecule has 0 atom stereocenters. The molecule has 0 fully saturated rings. The molecule has 0 heterocycles. The Labute approximate surface area is 290 Å². The Morgan fingerprint density at radius 1 is 0.596 bits per heavy atom. The van der Waals surface area contributed by atoms with Crippen LogP contribution in [0.5, 0.6) is 23.0 Å². The minimum absolute atomic E-state index is 0.0304. The first kappa shape index (κ1) is 36.0. The van der Waals surface area contributed by atoms with E-state index < -0.39 is 9.85 Å². The van der Waals surface area contributed by atoms with Crippen LogP contribution in [0.2, 0.25) is 20.1 Å². The minimum Gasteiger partial charge on any atom is -0.484 e. The van der Waals surface area contributed by atoms with Crippen LogP contribution in [0.25, 0.3) is 22.3 Å². The summed E-state index contributed by atoms with van der Waals surface area (Å²) >= 11 is 25.6. The Kier molecular flexibility index (Phi) is 12.9. The second kappa shape index (κ2) is 16.8. The van der Waals surface area contributed by atoms with Crippen LogP contribution in [0, 0.1) is 20.2 Å². The summed E-state index contributed by atoms with van der Waals surface area (Å²) in [7, 11) is 0. The molecule has 248 valence electrons. The Hall–Kier alpha value is -3.84. The third kappa shape index (κ3) is 8.75. The lowest BCUT2D eigenvalue weighted by atomic mass is 10.0. The molecule has 47 heavy (non-hydrogen) atoms. The van der Waals surface area contributed by atoms with E-state index in [2.05, 4.69) is 0 Å². The first-order valence-electron chi connectivity index (χ1n) is 14.2. The summed E-state index contributed by atoms with van der Waals surface area (Å²) in [5, 5.41) is 25.3. The van der Waals surface area contributed by atoms with Crippen molar-refractivity contribution < 1.29 is 33.5 Å². The van der Waals surface area contributed by atoms with Crippen molar-refractivity contribution in [2.24, 2.45) is 0 Å². The van der Waals surface area contributed by atoms with Crippen LogP contribution in [-0.4, -0.2) is 49.5 Å². The average Bonchev–Trinajstić information content (AvgIpc) is 3.02. The highest BCUT2D eigenvalue weighted by Gasteiger charge is 2.30. The third-order valence-electron chi connectivity index (χ3n) is 6.57. The van der Waals surface area contributed by atoms with Crippen molar-refractivity contribution in [3.63, 3.8) is 0 Å². The summed E-state index contributed by atoms with van der Waals surface area (Å²) in [5.74, 6) is -0.159. The number of rotatable bonds is 16. The summed E-state index contributed by atoms with van der Waals surface area (Å²) in [6, 6.07) is 14.4. The van der Waals surface area contributed by atoms with Gasteiger partial charge in [-0.1, -0.05) is 58.5 Å². The molecular weight excluding hydrogens is 698 g/mol. The lowest BCUT2D eigenvalue weighted by molar-refractivity contribution is -0.386. The summed E-state index contributed by atoms with van der Waals surface area (Å²) in [5.41, 5.74) is 0.147. The first-order chi connectivity index (χ1) is 22.6. The van der Waals surface area contributed by atoms with Crippen molar-refractivity contribution in [3.05, 3.63) is 101 Å². The lowest BCUT2D eigenvalue weighted by Gasteiger charge is -2.21. The van der Waals surface area contributed by atoms with Crippen molar-refractivity contribution >= 4 is 57.8 Å². The average molecular weight is 726 g/mol. The van der Waals surface area contributed by atoms with E-state index in [1.54, 1.807) is 38.1 Å². The molecule has 15 heteroatoms. The van der Waals surface area contributed by atoms with E-state index >= 15 is 0 Å². The number of halogens is 4. The van der Waals surface area contributed by atoms with Gasteiger partial charge in [-0.25, -0.2) is 0 Å². The van der Waals surface area contributed by atoms with Gasteiger partial charge in [0.05, 0.1) is 44.2 Å². The Bertz CT molecular complexity index is 1640. The maximum absolute atomic E-state index is 12.2. The van der Waals surface area contributed by atoms with Gasteiger partial charge in [-0.15, -0.1) is 0 Å². The molecule has 0 unspecified atom stereocenters. The van der Waals surface area contributed by atoms with E-state index in [1.807, 2.05) is 0 Å². The van der Waals surface area contributed by atoms with E-state index in [4.69, 9.17) is 70.1 Å². The fourth-order valence-corrected chi connectivity index (χ4v) is 5.57. The number of ether oxygens (including phenoxy) is 5. The van der Waals surface area contributed by atoms with Crippen molar-refractivity contribution in [2.45, 2.75) is 13.8 Å². The summed E-state index contributed by atoms with van der Waals surface area (Å²) in [6.07, 6.45) is 0. The van der Waals surface area contributed by atoms with E-state index in [0.29, 0.717) is 34.4 Å². The molecule has 0 amide bonds. The molecule has 0 aromatic heterocycles. The number of nitro groups is 2. The van der Waals surface area contributed by atoms with Crippen molar-refractivity contribution in [2.75, 3.05) is 39.6 Å². The maximum atomic E-state index is 12.2. The van der Waals surface area contributed by atoms with Crippen LogP contribution in [0.3, 0.4) is 0 Å². The Morgan fingerprint density at radius 3 is 1.34 bits per heavy atom. The summed E-state index contributed by atoms with van der Waals surface area (Å²) < 4.78 is 29.1. The van der Waals surface area contributed by atoms with Crippen LogP contribution in [0.15, 0.2) is 60.7 Å². The number of hydrogen-bond donors (Lipinski definition) is 0. The van der Waals surface area contributed by atoms with Crippen LogP contribution < -0.4 is 14.2 Å². The summed E-state index contributed by atoms with van der Waals surface area (Å²) in [4.78, 5) is 23.2. The maximum Gasteiger partial charge on any atom is 0.311 e. The van der Waals surface area contributed by atoms with Gasteiger partial charge >= 0.3 is 11.4 Å². The second-order valence-corrected chi connectivity index (χ2v) is 11.2. The van der Waals surface area contributed by atoms with E-state index in [1.165, 1.54) is 36.4 Å². The molecule has 0 saturated heterocycles. The van der Waals surface area contributed by atoms with Crippen LogP contribution in [0.1, 0.15) is 13.8 Å². The molecule has 0 aliphatic rings. The van der Waals surface area contributed by atoms with Gasteiger partial charge in [0.15, 0.2) is 0 Å². The molecule has 0 bridgehead atoms. The van der Waals surface area contributed by atoms with E-state index in [0.717, 1.165) is 0 Å². The highest BCUT2D eigenvalue weighted by atomic mass is 35.5. The molecule has 0 N–H and O–H groups in total. The van der Waals surface area contributed by atoms with Gasteiger partial charge < -0.3 is 23.7 Å². The highest BCUT2D eigenvalue weighted by molar-refractivity contribution is 6.37. The molecule has 4 aromatic rings. The predicted molar refractivity (Wildman–Crippen MR) is 181 cm³/mol. The van der Waals surface area contributed by atoms with Gasteiger partial charge in [0.25, 0.3) is 0 Å². The smallest absolute Gasteiger partial charge is 0.311 e. The zero-order valence-electron chi connectivity index (χ0n) is 25.1. The van der Waals surface area contributed by atoms with Gasteiger partial charge in [0.1, 0.15) is 24.7 Å². The topological polar surface area (TPSA) is 132 Å². The molecule has 0 aliphatic heterocycles. The molecule has 0 saturated carbocycles. The largest absolute Gasteiger partial charge is 0.484 e. The van der Waals surface area contributed by atoms with Gasteiger partial charge in [0, 0.05) is 46.5 Å².